The molecule has 1 N–H and O–H groups in total. The van der Waals surface area contributed by atoms with Gasteiger partial charge >= 0.3 is 0 Å². The molecule has 0 aliphatic heterocycles. The number of rotatable bonds is 8. The molecule has 0 radical (unpaired) electrons. The number of amides is 1. The van der Waals surface area contributed by atoms with Crippen LogP contribution in [0.3, 0.4) is 0 Å². The Labute approximate surface area is 174 Å². The van der Waals surface area contributed by atoms with Gasteiger partial charge in [0.05, 0.1) is 18.7 Å². The first-order valence-electron chi connectivity index (χ1n) is 9.66. The molecular weight excluding hydrogens is 382 g/mol. The Hall–Kier alpha value is -3.12. The van der Waals surface area contributed by atoms with Gasteiger partial charge in [-0.3, -0.25) is 9.20 Å². The SMILES string of the molecule is Cc1cccc(OCCCNC(=O)Cc2csc3nc(-c4ccccc4)cn23)c1. The quantitative estimate of drug-likeness (QED) is 0.439. The smallest absolute Gasteiger partial charge is 0.225 e. The van der Waals surface area contributed by atoms with Crippen molar-refractivity contribution in [3.05, 3.63) is 77.4 Å². The molecule has 29 heavy (non-hydrogen) atoms. The lowest BCUT2D eigenvalue weighted by Gasteiger charge is -2.08. The van der Waals surface area contributed by atoms with E-state index in [9.17, 15) is 4.79 Å². The topological polar surface area (TPSA) is 55.6 Å². The monoisotopic (exact) mass is 405 g/mol. The highest BCUT2D eigenvalue weighted by Gasteiger charge is 2.12. The maximum Gasteiger partial charge on any atom is 0.225 e. The van der Waals surface area contributed by atoms with E-state index in [4.69, 9.17) is 4.74 Å². The summed E-state index contributed by atoms with van der Waals surface area (Å²) < 4.78 is 7.72. The van der Waals surface area contributed by atoms with Crippen LogP contribution in [0, 0.1) is 6.92 Å². The van der Waals surface area contributed by atoms with Crippen LogP contribution in [0.2, 0.25) is 0 Å². The normalized spacial score (nSPS) is 10.9. The minimum absolute atomic E-state index is 0.00946. The molecule has 0 fully saturated rings. The molecule has 0 spiro atoms. The van der Waals surface area contributed by atoms with Crippen molar-refractivity contribution < 1.29 is 9.53 Å². The molecule has 4 rings (SSSR count). The molecule has 0 unspecified atom stereocenters. The summed E-state index contributed by atoms with van der Waals surface area (Å²) in [4.78, 5) is 17.9. The molecule has 2 aromatic carbocycles. The Morgan fingerprint density at radius 2 is 2.03 bits per heavy atom. The zero-order valence-electron chi connectivity index (χ0n) is 16.3. The number of imidazole rings is 1. The van der Waals surface area contributed by atoms with Crippen LogP contribution >= 0.6 is 11.3 Å². The summed E-state index contributed by atoms with van der Waals surface area (Å²) in [6, 6.07) is 18.0. The van der Waals surface area contributed by atoms with E-state index < -0.39 is 0 Å². The number of thiazole rings is 1. The molecule has 0 aliphatic carbocycles. The second kappa shape index (κ2) is 8.92. The minimum Gasteiger partial charge on any atom is -0.494 e. The molecule has 0 aliphatic rings. The first kappa shape index (κ1) is 19.2. The number of ether oxygens (including phenoxy) is 1. The largest absolute Gasteiger partial charge is 0.494 e. The van der Waals surface area contributed by atoms with Crippen molar-refractivity contribution in [1.29, 1.82) is 0 Å². The van der Waals surface area contributed by atoms with Crippen molar-refractivity contribution in [3.8, 4) is 17.0 Å². The Morgan fingerprint density at radius 1 is 1.17 bits per heavy atom. The number of aromatic nitrogens is 2. The van der Waals surface area contributed by atoms with Crippen LogP contribution in [0.4, 0.5) is 0 Å². The van der Waals surface area contributed by atoms with E-state index in [1.807, 2.05) is 77.5 Å². The average Bonchev–Trinajstić information content (AvgIpc) is 3.30. The Balaban J connectivity index is 1.27. The van der Waals surface area contributed by atoms with E-state index in [0.29, 0.717) is 19.6 Å². The second-order valence-electron chi connectivity index (χ2n) is 6.92. The Bertz CT molecular complexity index is 1100. The van der Waals surface area contributed by atoms with Gasteiger partial charge in [0.1, 0.15) is 5.75 Å². The van der Waals surface area contributed by atoms with E-state index in [-0.39, 0.29) is 5.91 Å². The number of hydrogen-bond acceptors (Lipinski definition) is 4. The lowest BCUT2D eigenvalue weighted by molar-refractivity contribution is -0.120. The van der Waals surface area contributed by atoms with Crippen molar-refractivity contribution in [1.82, 2.24) is 14.7 Å². The summed E-state index contributed by atoms with van der Waals surface area (Å²) in [6.07, 6.45) is 3.10. The molecule has 2 aromatic heterocycles. The van der Waals surface area contributed by atoms with Gasteiger partial charge in [-0.25, -0.2) is 4.98 Å². The molecule has 0 atom stereocenters. The third-order valence-corrected chi connectivity index (χ3v) is 5.48. The molecule has 5 nitrogen and oxygen atoms in total. The Kier molecular flexibility index (Phi) is 5.91. The predicted molar refractivity (Wildman–Crippen MR) is 117 cm³/mol. The number of hydrogen-bond donors (Lipinski definition) is 1. The number of benzene rings is 2. The first-order valence-corrected chi connectivity index (χ1v) is 10.5. The van der Waals surface area contributed by atoms with Gasteiger partial charge in [0.25, 0.3) is 0 Å². The van der Waals surface area contributed by atoms with Crippen LogP contribution in [0.25, 0.3) is 16.2 Å². The second-order valence-corrected chi connectivity index (χ2v) is 7.75. The van der Waals surface area contributed by atoms with Crippen LogP contribution < -0.4 is 10.1 Å². The van der Waals surface area contributed by atoms with Crippen LogP contribution in [-0.4, -0.2) is 28.4 Å². The summed E-state index contributed by atoms with van der Waals surface area (Å²) in [5.74, 6) is 0.876. The van der Waals surface area contributed by atoms with Gasteiger partial charge in [-0.15, -0.1) is 11.3 Å². The predicted octanol–water partition coefficient (Wildman–Crippen LogP) is 4.50. The first-order chi connectivity index (χ1) is 14.2. The van der Waals surface area contributed by atoms with Gasteiger partial charge < -0.3 is 10.1 Å². The summed E-state index contributed by atoms with van der Waals surface area (Å²) in [6.45, 7) is 3.21. The minimum atomic E-state index is 0.00946. The van der Waals surface area contributed by atoms with Crippen molar-refractivity contribution in [2.75, 3.05) is 13.2 Å². The number of aryl methyl sites for hydroxylation is 1. The average molecular weight is 406 g/mol. The molecule has 6 heteroatoms. The highest BCUT2D eigenvalue weighted by molar-refractivity contribution is 7.15. The third-order valence-electron chi connectivity index (χ3n) is 4.60. The van der Waals surface area contributed by atoms with Gasteiger partial charge in [0.15, 0.2) is 4.96 Å². The summed E-state index contributed by atoms with van der Waals surface area (Å²) in [7, 11) is 0. The molecule has 2 heterocycles. The lowest BCUT2D eigenvalue weighted by Crippen LogP contribution is -2.27. The maximum atomic E-state index is 12.3. The Morgan fingerprint density at radius 3 is 2.86 bits per heavy atom. The maximum absolute atomic E-state index is 12.3. The van der Waals surface area contributed by atoms with Gasteiger partial charge in [-0.1, -0.05) is 42.5 Å². The highest BCUT2D eigenvalue weighted by Crippen LogP contribution is 2.23. The van der Waals surface area contributed by atoms with Crippen molar-refractivity contribution in [2.45, 2.75) is 19.8 Å². The van der Waals surface area contributed by atoms with Crippen LogP contribution in [0.5, 0.6) is 5.75 Å². The zero-order valence-corrected chi connectivity index (χ0v) is 17.1. The van der Waals surface area contributed by atoms with Crippen molar-refractivity contribution in [3.63, 3.8) is 0 Å². The van der Waals surface area contributed by atoms with Crippen LogP contribution in [0.15, 0.2) is 66.2 Å². The van der Waals surface area contributed by atoms with Gasteiger partial charge in [-0.2, -0.15) is 0 Å². The summed E-state index contributed by atoms with van der Waals surface area (Å²) in [5, 5.41) is 4.97. The standard InChI is InChI=1S/C23H23N3O2S/c1-17-7-5-10-20(13-17)28-12-6-11-24-22(27)14-19-16-29-23-25-21(15-26(19)23)18-8-3-2-4-9-18/h2-5,7-10,13,15-16H,6,11-12,14H2,1H3,(H,24,27). The highest BCUT2D eigenvalue weighted by atomic mass is 32.1. The van der Waals surface area contributed by atoms with E-state index in [0.717, 1.165) is 34.1 Å². The van der Waals surface area contributed by atoms with E-state index in [1.54, 1.807) is 11.3 Å². The number of nitrogens with zero attached hydrogens (tertiary/aromatic N) is 2. The van der Waals surface area contributed by atoms with Gasteiger partial charge in [0, 0.05) is 29.4 Å². The fourth-order valence-electron chi connectivity index (χ4n) is 3.13. The van der Waals surface area contributed by atoms with Crippen LogP contribution in [0.1, 0.15) is 17.7 Å². The zero-order chi connectivity index (χ0) is 20.1. The van der Waals surface area contributed by atoms with Gasteiger partial charge in [0.2, 0.25) is 5.91 Å². The van der Waals surface area contributed by atoms with Crippen molar-refractivity contribution in [2.24, 2.45) is 0 Å². The van der Waals surface area contributed by atoms with Crippen LogP contribution in [-0.2, 0) is 11.2 Å². The summed E-state index contributed by atoms with van der Waals surface area (Å²) in [5.41, 5.74) is 4.13. The number of fused-ring (bicyclic) bond motifs is 1. The molecule has 148 valence electrons. The number of nitrogens with one attached hydrogen (secondary N) is 1. The molecule has 0 saturated heterocycles. The molecular formula is C23H23N3O2S. The number of carbonyl (C=O) groups excluding carboxylic acids is 1. The molecule has 1 amide bonds. The van der Waals surface area contributed by atoms with Crippen molar-refractivity contribution >= 4 is 22.2 Å². The van der Waals surface area contributed by atoms with Gasteiger partial charge in [-0.05, 0) is 31.0 Å². The molecule has 0 saturated carbocycles. The number of carbonyl (C=O) groups is 1. The van der Waals surface area contributed by atoms with E-state index in [2.05, 4.69) is 10.3 Å². The lowest BCUT2D eigenvalue weighted by atomic mass is 10.2. The fraction of sp³-hybridized carbons (Fsp3) is 0.217. The molecule has 4 aromatic rings. The fourth-order valence-corrected chi connectivity index (χ4v) is 4.00. The van der Waals surface area contributed by atoms with E-state index >= 15 is 0 Å². The molecule has 0 bridgehead atoms. The van der Waals surface area contributed by atoms with E-state index in [1.165, 1.54) is 5.56 Å². The summed E-state index contributed by atoms with van der Waals surface area (Å²) >= 11 is 1.55. The third kappa shape index (κ3) is 4.84.